The number of aromatic nitrogens is 2. The Hall–Kier alpha value is -1.77. The molecule has 0 bridgehead atoms. The molecule has 0 spiro atoms. The summed E-state index contributed by atoms with van der Waals surface area (Å²) in [6, 6.07) is 6.78. The summed E-state index contributed by atoms with van der Waals surface area (Å²) in [6.45, 7) is 1.40. The third kappa shape index (κ3) is 3.77. The van der Waals surface area contributed by atoms with Crippen molar-refractivity contribution >= 4 is 10.0 Å². The molecule has 1 fully saturated rings. The maximum atomic E-state index is 11.7. The molecule has 1 aromatic carbocycles. The van der Waals surface area contributed by atoms with Crippen LogP contribution < -0.4 is 4.72 Å². The van der Waals surface area contributed by atoms with Gasteiger partial charge < -0.3 is 9.26 Å². The van der Waals surface area contributed by atoms with Crippen molar-refractivity contribution in [3.8, 4) is 0 Å². The van der Waals surface area contributed by atoms with Gasteiger partial charge in [0.05, 0.1) is 11.5 Å². The Morgan fingerprint density at radius 3 is 2.70 bits per heavy atom. The molecule has 1 saturated heterocycles. The topological polar surface area (TPSA) is 94.3 Å². The summed E-state index contributed by atoms with van der Waals surface area (Å²) >= 11 is 0. The van der Waals surface area contributed by atoms with Crippen molar-refractivity contribution in [2.75, 3.05) is 20.3 Å². The second-order valence-corrected chi connectivity index (χ2v) is 7.34. The molecule has 1 aliphatic heterocycles. The predicted molar refractivity (Wildman–Crippen MR) is 82.6 cm³/mol. The number of benzene rings is 1. The van der Waals surface area contributed by atoms with Gasteiger partial charge in [0.25, 0.3) is 0 Å². The summed E-state index contributed by atoms with van der Waals surface area (Å²) in [5.74, 6) is 1.55. The highest BCUT2D eigenvalue weighted by Gasteiger charge is 2.23. The molecule has 1 aliphatic rings. The van der Waals surface area contributed by atoms with E-state index in [1.807, 2.05) is 0 Å². The molecule has 2 aromatic rings. The van der Waals surface area contributed by atoms with Gasteiger partial charge in [-0.25, -0.2) is 13.1 Å². The van der Waals surface area contributed by atoms with Crippen molar-refractivity contribution < 1.29 is 17.7 Å². The van der Waals surface area contributed by atoms with Gasteiger partial charge in [0.1, 0.15) is 0 Å². The molecule has 1 aromatic heterocycles. The standard InChI is InChI=1S/C15H19N3O4S/c1-16-23(19,20)13-5-2-11(3-6-13)4-7-14-17-15(18-22-14)12-8-9-21-10-12/h2-3,5-6,12,16H,4,7-10H2,1H3/t12-/m1/s1. The molecule has 0 radical (unpaired) electrons. The zero-order valence-electron chi connectivity index (χ0n) is 12.9. The van der Waals surface area contributed by atoms with Crippen molar-refractivity contribution in [3.05, 3.63) is 41.5 Å². The molecule has 3 rings (SSSR count). The molecule has 8 heteroatoms. The highest BCUT2D eigenvalue weighted by atomic mass is 32.2. The minimum atomic E-state index is -3.39. The second kappa shape index (κ2) is 6.77. The Bertz CT molecular complexity index is 749. The van der Waals surface area contributed by atoms with E-state index in [4.69, 9.17) is 9.26 Å². The number of hydrogen-bond donors (Lipinski definition) is 1. The molecule has 1 atom stereocenters. The monoisotopic (exact) mass is 337 g/mol. The van der Waals surface area contributed by atoms with Crippen LogP contribution in [0.5, 0.6) is 0 Å². The lowest BCUT2D eigenvalue weighted by Gasteiger charge is -2.03. The molecule has 23 heavy (non-hydrogen) atoms. The lowest BCUT2D eigenvalue weighted by Crippen LogP contribution is -2.18. The van der Waals surface area contributed by atoms with E-state index in [-0.39, 0.29) is 10.8 Å². The first-order chi connectivity index (χ1) is 11.1. The van der Waals surface area contributed by atoms with Crippen molar-refractivity contribution in [2.24, 2.45) is 0 Å². The first-order valence-corrected chi connectivity index (χ1v) is 8.99. The minimum Gasteiger partial charge on any atom is -0.381 e. The van der Waals surface area contributed by atoms with Crippen LogP contribution in [-0.4, -0.2) is 38.8 Å². The van der Waals surface area contributed by atoms with Gasteiger partial charge >= 0.3 is 0 Å². The lowest BCUT2D eigenvalue weighted by molar-refractivity contribution is 0.192. The SMILES string of the molecule is CNS(=O)(=O)c1ccc(CCc2nc([C@@H]3CCOC3)no2)cc1. The molecule has 0 aliphatic carbocycles. The van der Waals surface area contributed by atoms with Crippen molar-refractivity contribution in [3.63, 3.8) is 0 Å². The highest BCUT2D eigenvalue weighted by molar-refractivity contribution is 7.89. The molecular formula is C15H19N3O4S. The van der Waals surface area contributed by atoms with Crippen molar-refractivity contribution in [2.45, 2.75) is 30.1 Å². The van der Waals surface area contributed by atoms with Crippen LogP contribution in [0.25, 0.3) is 0 Å². The van der Waals surface area contributed by atoms with Gasteiger partial charge in [-0.1, -0.05) is 17.3 Å². The number of nitrogens with zero attached hydrogens (tertiary/aromatic N) is 2. The van der Waals surface area contributed by atoms with Gasteiger partial charge in [0.2, 0.25) is 15.9 Å². The smallest absolute Gasteiger partial charge is 0.240 e. The van der Waals surface area contributed by atoms with Crippen LogP contribution in [0.3, 0.4) is 0 Å². The van der Waals surface area contributed by atoms with E-state index in [2.05, 4.69) is 14.9 Å². The third-order valence-electron chi connectivity index (χ3n) is 3.91. The summed E-state index contributed by atoms with van der Waals surface area (Å²) in [4.78, 5) is 4.67. The molecule has 2 heterocycles. The summed E-state index contributed by atoms with van der Waals surface area (Å²) < 4.78 is 36.2. The number of rotatable bonds is 6. The van der Waals surface area contributed by atoms with Crippen molar-refractivity contribution in [1.29, 1.82) is 0 Å². The Morgan fingerprint density at radius 2 is 2.04 bits per heavy atom. The fourth-order valence-corrected chi connectivity index (χ4v) is 3.21. The van der Waals surface area contributed by atoms with Crippen LogP contribution >= 0.6 is 0 Å². The molecule has 124 valence electrons. The number of ether oxygens (including phenoxy) is 1. The summed E-state index contributed by atoms with van der Waals surface area (Å²) in [5.41, 5.74) is 1.02. The van der Waals surface area contributed by atoms with Gasteiger partial charge in [-0.3, -0.25) is 0 Å². The average Bonchev–Trinajstić information content (AvgIpc) is 3.24. The molecule has 0 unspecified atom stereocenters. The van der Waals surface area contributed by atoms with Crippen LogP contribution in [0.1, 0.15) is 29.6 Å². The Balaban J connectivity index is 1.60. The average molecular weight is 337 g/mol. The normalized spacial score (nSPS) is 18.4. The van der Waals surface area contributed by atoms with Crippen molar-refractivity contribution in [1.82, 2.24) is 14.9 Å². The van der Waals surface area contributed by atoms with E-state index in [1.54, 1.807) is 24.3 Å². The molecular weight excluding hydrogens is 318 g/mol. The second-order valence-electron chi connectivity index (χ2n) is 5.46. The number of nitrogens with one attached hydrogen (secondary N) is 1. The van der Waals surface area contributed by atoms with Gasteiger partial charge in [-0.15, -0.1) is 0 Å². The van der Waals surface area contributed by atoms with E-state index < -0.39 is 10.0 Å². The predicted octanol–water partition coefficient (Wildman–Crippen LogP) is 1.27. The highest BCUT2D eigenvalue weighted by Crippen LogP contribution is 2.22. The van der Waals surface area contributed by atoms with Crippen LogP contribution in [0, 0.1) is 0 Å². The number of aryl methyl sites for hydroxylation is 2. The largest absolute Gasteiger partial charge is 0.381 e. The minimum absolute atomic E-state index is 0.235. The fourth-order valence-electron chi connectivity index (χ4n) is 2.48. The van der Waals surface area contributed by atoms with E-state index in [9.17, 15) is 8.42 Å². The van der Waals surface area contributed by atoms with Crippen LogP contribution in [0.2, 0.25) is 0 Å². The maximum absolute atomic E-state index is 11.7. The Kier molecular flexibility index (Phi) is 4.74. The van der Waals surface area contributed by atoms with Gasteiger partial charge in [-0.05, 0) is 37.6 Å². The fraction of sp³-hybridized carbons (Fsp3) is 0.467. The quantitative estimate of drug-likeness (QED) is 0.853. The van der Waals surface area contributed by atoms with Crippen LogP contribution in [-0.2, 0) is 27.6 Å². The number of hydrogen-bond acceptors (Lipinski definition) is 6. The number of sulfonamides is 1. The molecule has 7 nitrogen and oxygen atoms in total. The van der Waals surface area contributed by atoms with E-state index in [1.165, 1.54) is 7.05 Å². The zero-order valence-corrected chi connectivity index (χ0v) is 13.7. The van der Waals surface area contributed by atoms with Gasteiger partial charge in [0.15, 0.2) is 5.82 Å². The Morgan fingerprint density at radius 1 is 1.26 bits per heavy atom. The molecule has 1 N–H and O–H groups in total. The van der Waals surface area contributed by atoms with E-state index >= 15 is 0 Å². The van der Waals surface area contributed by atoms with Crippen LogP contribution in [0.15, 0.2) is 33.7 Å². The first-order valence-electron chi connectivity index (χ1n) is 7.51. The zero-order chi connectivity index (χ0) is 16.3. The van der Waals surface area contributed by atoms with Gasteiger partial charge in [0, 0.05) is 18.9 Å². The summed E-state index contributed by atoms with van der Waals surface area (Å²) in [6.07, 6.45) is 2.27. The van der Waals surface area contributed by atoms with E-state index in [0.29, 0.717) is 31.2 Å². The van der Waals surface area contributed by atoms with Gasteiger partial charge in [-0.2, -0.15) is 4.98 Å². The van der Waals surface area contributed by atoms with Crippen LogP contribution in [0.4, 0.5) is 0 Å². The summed E-state index contributed by atoms with van der Waals surface area (Å²) in [7, 11) is -2.00. The first kappa shape index (κ1) is 16.1. The molecule has 0 amide bonds. The summed E-state index contributed by atoms with van der Waals surface area (Å²) in [5, 5.41) is 4.01. The molecule has 0 saturated carbocycles. The Labute approximate surface area is 135 Å². The van der Waals surface area contributed by atoms with E-state index in [0.717, 1.165) is 18.6 Å². The lowest BCUT2D eigenvalue weighted by atomic mass is 10.1. The third-order valence-corrected chi connectivity index (χ3v) is 5.34. The maximum Gasteiger partial charge on any atom is 0.240 e.